The average molecular weight is 437 g/mol. The Morgan fingerprint density at radius 1 is 1.19 bits per heavy atom. The fourth-order valence-electron chi connectivity index (χ4n) is 2.05. The van der Waals surface area contributed by atoms with Gasteiger partial charge in [-0.2, -0.15) is 13.2 Å². The van der Waals surface area contributed by atoms with Crippen molar-refractivity contribution in [1.82, 2.24) is 4.98 Å². The zero-order valence-corrected chi connectivity index (χ0v) is 15.9. The van der Waals surface area contributed by atoms with Gasteiger partial charge in [-0.25, -0.2) is 4.98 Å². The van der Waals surface area contributed by atoms with Crippen LogP contribution in [-0.2, 0) is 11.0 Å². The van der Waals surface area contributed by atoms with Gasteiger partial charge in [0.15, 0.2) is 4.34 Å². The molecule has 136 valence electrons. The molecule has 1 aromatic heterocycles. The molecule has 0 aliphatic rings. The third-order valence-corrected chi connectivity index (χ3v) is 5.97. The molecule has 1 amide bonds. The maximum Gasteiger partial charge on any atom is 0.416 e. The first-order chi connectivity index (χ1) is 12.2. The highest BCUT2D eigenvalue weighted by Gasteiger charge is 2.31. The number of thiazole rings is 1. The summed E-state index contributed by atoms with van der Waals surface area (Å²) >= 11 is 14.4. The van der Waals surface area contributed by atoms with Gasteiger partial charge < -0.3 is 5.32 Å². The fourth-order valence-corrected chi connectivity index (χ4v) is 4.23. The molecule has 0 bridgehead atoms. The molecule has 0 fully saturated rings. The van der Waals surface area contributed by atoms with Crippen LogP contribution in [0.5, 0.6) is 0 Å². The summed E-state index contributed by atoms with van der Waals surface area (Å²) in [6.07, 6.45) is -4.51. The van der Waals surface area contributed by atoms with Crippen LogP contribution in [0.2, 0.25) is 10.0 Å². The smallest absolute Gasteiger partial charge is 0.324 e. The first-order valence-electron chi connectivity index (χ1n) is 7.08. The predicted octanol–water partition coefficient (Wildman–Crippen LogP) is 6.35. The molecule has 0 aliphatic heterocycles. The third-order valence-electron chi connectivity index (χ3n) is 3.22. The van der Waals surface area contributed by atoms with E-state index in [9.17, 15) is 18.0 Å². The van der Waals surface area contributed by atoms with E-state index >= 15 is 0 Å². The second-order valence-corrected chi connectivity index (χ2v) is 8.22. The summed E-state index contributed by atoms with van der Waals surface area (Å²) < 4.78 is 39.9. The zero-order valence-electron chi connectivity index (χ0n) is 12.7. The number of nitrogens with zero attached hydrogens (tertiary/aromatic N) is 1. The summed E-state index contributed by atoms with van der Waals surface area (Å²) in [6.45, 7) is 0. The Morgan fingerprint density at radius 3 is 2.69 bits per heavy atom. The van der Waals surface area contributed by atoms with Crippen LogP contribution in [0.25, 0.3) is 10.2 Å². The van der Waals surface area contributed by atoms with Gasteiger partial charge in [0.1, 0.15) is 0 Å². The van der Waals surface area contributed by atoms with Crippen LogP contribution in [0.3, 0.4) is 0 Å². The van der Waals surface area contributed by atoms with Gasteiger partial charge in [0, 0.05) is 5.02 Å². The lowest BCUT2D eigenvalue weighted by molar-refractivity contribution is -0.137. The van der Waals surface area contributed by atoms with Crippen LogP contribution < -0.4 is 5.32 Å². The van der Waals surface area contributed by atoms with Crippen molar-refractivity contribution in [1.29, 1.82) is 0 Å². The molecule has 0 atom stereocenters. The minimum atomic E-state index is -4.51. The number of aromatic nitrogens is 1. The highest BCUT2D eigenvalue weighted by atomic mass is 35.5. The zero-order chi connectivity index (χ0) is 18.9. The number of amides is 1. The Morgan fingerprint density at radius 2 is 1.96 bits per heavy atom. The number of anilines is 1. The van der Waals surface area contributed by atoms with Crippen molar-refractivity contribution in [3.05, 3.63) is 52.0 Å². The monoisotopic (exact) mass is 436 g/mol. The maximum absolute atomic E-state index is 12.8. The van der Waals surface area contributed by atoms with E-state index < -0.39 is 17.6 Å². The molecule has 1 N–H and O–H groups in total. The van der Waals surface area contributed by atoms with Crippen molar-refractivity contribution < 1.29 is 18.0 Å². The number of fused-ring (bicyclic) bond motifs is 1. The lowest BCUT2D eigenvalue weighted by Crippen LogP contribution is -2.15. The van der Waals surface area contributed by atoms with Gasteiger partial charge in [-0.15, -0.1) is 11.3 Å². The molecule has 3 nitrogen and oxygen atoms in total. The van der Waals surface area contributed by atoms with E-state index in [4.69, 9.17) is 23.2 Å². The summed E-state index contributed by atoms with van der Waals surface area (Å²) in [6, 6.07) is 8.08. The van der Waals surface area contributed by atoms with Crippen LogP contribution in [0.4, 0.5) is 18.9 Å². The van der Waals surface area contributed by atoms with Crippen LogP contribution >= 0.6 is 46.3 Å². The van der Waals surface area contributed by atoms with Gasteiger partial charge in [0.2, 0.25) is 5.91 Å². The summed E-state index contributed by atoms with van der Waals surface area (Å²) in [5, 5.41) is 3.00. The minimum absolute atomic E-state index is 0.0138. The molecule has 0 saturated carbocycles. The normalized spacial score (nSPS) is 11.7. The molecular formula is C16H9Cl2F3N2OS2. The molecule has 2 aromatic carbocycles. The Kier molecular flexibility index (Phi) is 5.67. The molecular weight excluding hydrogens is 428 g/mol. The number of carbonyl (C=O) groups is 1. The maximum atomic E-state index is 12.8. The third kappa shape index (κ3) is 4.62. The number of hydrogen-bond donors (Lipinski definition) is 1. The molecule has 10 heteroatoms. The van der Waals surface area contributed by atoms with Gasteiger partial charge in [-0.1, -0.05) is 35.0 Å². The first kappa shape index (κ1) is 19.3. The Balaban J connectivity index is 1.67. The van der Waals surface area contributed by atoms with Gasteiger partial charge in [-0.3, -0.25) is 4.79 Å². The summed E-state index contributed by atoms with van der Waals surface area (Å²) in [5.74, 6) is -0.492. The van der Waals surface area contributed by atoms with Crippen LogP contribution in [0.15, 0.2) is 40.7 Å². The number of halogens is 5. The standard InChI is InChI=1S/C16H9Cl2F3N2OS2/c17-9-2-4-13-12(6-9)23-15(26-13)25-7-14(24)22-11-5-8(16(19,20)21)1-3-10(11)18/h1-6H,7H2,(H,22,24). The summed E-state index contributed by atoms with van der Waals surface area (Å²) in [4.78, 5) is 16.4. The topological polar surface area (TPSA) is 42.0 Å². The Labute approximate surface area is 164 Å². The SMILES string of the molecule is O=C(CSc1nc2cc(Cl)ccc2s1)Nc1cc(C(F)(F)F)ccc1Cl. The predicted molar refractivity (Wildman–Crippen MR) is 100 cm³/mol. The Hall–Kier alpha value is -1.48. The summed E-state index contributed by atoms with van der Waals surface area (Å²) in [5.41, 5.74) is -0.234. The number of thioether (sulfide) groups is 1. The number of alkyl halides is 3. The summed E-state index contributed by atoms with van der Waals surface area (Å²) in [7, 11) is 0. The number of rotatable bonds is 4. The lowest BCUT2D eigenvalue weighted by atomic mass is 10.2. The lowest BCUT2D eigenvalue weighted by Gasteiger charge is -2.11. The van der Waals surface area contributed by atoms with E-state index in [1.807, 2.05) is 6.07 Å². The van der Waals surface area contributed by atoms with Crippen LogP contribution in [0.1, 0.15) is 5.56 Å². The minimum Gasteiger partial charge on any atom is -0.324 e. The highest BCUT2D eigenvalue weighted by molar-refractivity contribution is 8.01. The molecule has 0 unspecified atom stereocenters. The van der Waals surface area contributed by atoms with Crippen LogP contribution in [-0.4, -0.2) is 16.6 Å². The number of hydrogen-bond acceptors (Lipinski definition) is 4. The van der Waals surface area contributed by atoms with Crippen molar-refractivity contribution in [2.75, 3.05) is 11.1 Å². The average Bonchev–Trinajstić information content (AvgIpc) is 2.96. The first-order valence-corrected chi connectivity index (χ1v) is 9.63. The van der Waals surface area contributed by atoms with Crippen molar-refractivity contribution in [2.45, 2.75) is 10.5 Å². The number of carbonyl (C=O) groups excluding carboxylic acids is 1. The largest absolute Gasteiger partial charge is 0.416 e. The molecule has 0 aliphatic carbocycles. The van der Waals surface area contributed by atoms with Crippen molar-refractivity contribution in [3.63, 3.8) is 0 Å². The molecule has 3 aromatic rings. The second kappa shape index (κ2) is 7.64. The van der Waals surface area contributed by atoms with E-state index in [2.05, 4.69) is 10.3 Å². The second-order valence-electron chi connectivity index (χ2n) is 5.12. The van der Waals surface area contributed by atoms with Crippen LogP contribution in [0, 0.1) is 0 Å². The number of nitrogens with one attached hydrogen (secondary N) is 1. The van der Waals surface area contributed by atoms with E-state index in [0.717, 1.165) is 28.4 Å². The highest BCUT2D eigenvalue weighted by Crippen LogP contribution is 2.34. The number of benzene rings is 2. The van der Waals surface area contributed by atoms with Crippen molar-refractivity contribution >= 4 is 68.1 Å². The van der Waals surface area contributed by atoms with Crippen molar-refractivity contribution in [3.8, 4) is 0 Å². The molecule has 1 heterocycles. The quantitative estimate of drug-likeness (QED) is 0.484. The van der Waals surface area contributed by atoms with Gasteiger partial charge >= 0.3 is 6.18 Å². The van der Waals surface area contributed by atoms with Gasteiger partial charge in [0.25, 0.3) is 0 Å². The molecule has 0 saturated heterocycles. The molecule has 0 radical (unpaired) electrons. The van der Waals surface area contributed by atoms with Crippen molar-refractivity contribution in [2.24, 2.45) is 0 Å². The molecule has 26 heavy (non-hydrogen) atoms. The van der Waals surface area contributed by atoms with Gasteiger partial charge in [0.05, 0.1) is 32.2 Å². The molecule has 3 rings (SSSR count). The van der Waals surface area contributed by atoms with E-state index in [-0.39, 0.29) is 16.5 Å². The van der Waals surface area contributed by atoms with Gasteiger partial charge in [-0.05, 0) is 36.4 Å². The molecule has 0 spiro atoms. The van der Waals surface area contributed by atoms with E-state index in [1.54, 1.807) is 12.1 Å². The fraction of sp³-hybridized carbons (Fsp3) is 0.125. The Bertz CT molecular complexity index is 976. The van der Waals surface area contributed by atoms with E-state index in [1.165, 1.54) is 23.1 Å². The van der Waals surface area contributed by atoms with E-state index in [0.29, 0.717) is 9.36 Å².